The van der Waals surface area contributed by atoms with Crippen LogP contribution < -0.4 is 10.6 Å². The fourth-order valence-electron chi connectivity index (χ4n) is 2.58. The highest BCUT2D eigenvalue weighted by atomic mass is 127. The summed E-state index contributed by atoms with van der Waals surface area (Å²) in [7, 11) is 1.96. The van der Waals surface area contributed by atoms with Crippen molar-refractivity contribution in [3.63, 3.8) is 0 Å². The first-order chi connectivity index (χ1) is 11.2. The van der Waals surface area contributed by atoms with Crippen LogP contribution in [0.2, 0.25) is 0 Å². The molecule has 0 aliphatic rings. The average molecular weight is 449 g/mol. The Hall–Kier alpha value is -0.790. The van der Waals surface area contributed by atoms with E-state index < -0.39 is 0 Å². The van der Waals surface area contributed by atoms with Crippen LogP contribution in [-0.4, -0.2) is 34.9 Å². The number of nitrogens with one attached hydrogen (secondary N) is 2. The van der Waals surface area contributed by atoms with E-state index in [2.05, 4.69) is 47.7 Å². The van der Waals surface area contributed by atoms with E-state index in [1.54, 1.807) is 0 Å². The molecule has 1 unspecified atom stereocenters. The molecule has 24 heavy (non-hydrogen) atoms. The second-order valence-corrected chi connectivity index (χ2v) is 6.28. The number of unbranched alkanes of at least 4 members (excludes halogenated alkanes) is 3. The molecule has 1 atom stereocenters. The zero-order valence-electron chi connectivity index (χ0n) is 15.8. The van der Waals surface area contributed by atoms with Gasteiger partial charge < -0.3 is 10.6 Å². The molecule has 1 heterocycles. The van der Waals surface area contributed by atoms with Gasteiger partial charge in [0.15, 0.2) is 5.96 Å². The Morgan fingerprint density at radius 1 is 1.25 bits per heavy atom. The highest BCUT2D eigenvalue weighted by molar-refractivity contribution is 14.0. The summed E-state index contributed by atoms with van der Waals surface area (Å²) >= 11 is 0. The summed E-state index contributed by atoms with van der Waals surface area (Å²) in [6.45, 7) is 8.35. The molecule has 1 rings (SSSR count). The quantitative estimate of drug-likeness (QED) is 0.233. The Labute approximate surface area is 165 Å². The van der Waals surface area contributed by atoms with E-state index in [-0.39, 0.29) is 24.0 Å². The average Bonchev–Trinajstić information content (AvgIpc) is 2.94. The Morgan fingerprint density at radius 3 is 2.67 bits per heavy atom. The van der Waals surface area contributed by atoms with Gasteiger partial charge in [-0.2, -0.15) is 5.10 Å². The second-order valence-electron chi connectivity index (χ2n) is 6.28. The Kier molecular flexibility index (Phi) is 14.1. The van der Waals surface area contributed by atoms with Gasteiger partial charge in [0.25, 0.3) is 0 Å². The van der Waals surface area contributed by atoms with Crippen LogP contribution in [0.4, 0.5) is 0 Å². The summed E-state index contributed by atoms with van der Waals surface area (Å²) in [6, 6.07) is 0.475. The maximum Gasteiger partial charge on any atom is 0.191 e. The summed E-state index contributed by atoms with van der Waals surface area (Å²) in [5, 5.41) is 11.1. The molecule has 0 aromatic carbocycles. The predicted molar refractivity (Wildman–Crippen MR) is 114 cm³/mol. The molecule has 0 radical (unpaired) electrons. The monoisotopic (exact) mass is 449 g/mol. The van der Waals surface area contributed by atoms with Crippen molar-refractivity contribution >= 4 is 29.9 Å². The lowest BCUT2D eigenvalue weighted by Gasteiger charge is -2.17. The lowest BCUT2D eigenvalue weighted by atomic mass is 10.1. The molecule has 1 aromatic rings. The summed E-state index contributed by atoms with van der Waals surface area (Å²) in [6.07, 6.45) is 12.6. The molecule has 6 heteroatoms. The molecule has 0 amide bonds. The smallest absolute Gasteiger partial charge is 0.191 e. The van der Waals surface area contributed by atoms with Crippen LogP contribution in [0.25, 0.3) is 0 Å². The molecule has 0 aliphatic carbocycles. The molecular weight excluding hydrogens is 413 g/mol. The van der Waals surface area contributed by atoms with Crippen LogP contribution in [0.3, 0.4) is 0 Å². The minimum Gasteiger partial charge on any atom is -0.357 e. The summed E-state index contributed by atoms with van der Waals surface area (Å²) in [5.74, 6) is 0.946. The van der Waals surface area contributed by atoms with E-state index in [0.717, 1.165) is 31.9 Å². The minimum absolute atomic E-state index is 0. The first-order valence-corrected chi connectivity index (χ1v) is 9.18. The van der Waals surface area contributed by atoms with E-state index in [4.69, 9.17) is 0 Å². The number of nitrogens with zero attached hydrogens (tertiary/aromatic N) is 3. The molecule has 0 fully saturated rings. The predicted octanol–water partition coefficient (Wildman–Crippen LogP) is 3.88. The van der Waals surface area contributed by atoms with Crippen molar-refractivity contribution in [2.45, 2.75) is 71.8 Å². The molecule has 1 aromatic heterocycles. The Balaban J connectivity index is 0.00000529. The van der Waals surface area contributed by atoms with Gasteiger partial charge in [0.05, 0.1) is 6.20 Å². The van der Waals surface area contributed by atoms with E-state index >= 15 is 0 Å². The van der Waals surface area contributed by atoms with Crippen LogP contribution in [0.1, 0.15) is 64.9 Å². The Morgan fingerprint density at radius 2 is 2.04 bits per heavy atom. The topological polar surface area (TPSA) is 54.2 Å². The first-order valence-electron chi connectivity index (χ1n) is 9.18. The summed E-state index contributed by atoms with van der Waals surface area (Å²) in [5.41, 5.74) is 1.28. The third-order valence-corrected chi connectivity index (χ3v) is 3.87. The number of rotatable bonds is 11. The van der Waals surface area contributed by atoms with Crippen molar-refractivity contribution in [1.82, 2.24) is 20.4 Å². The van der Waals surface area contributed by atoms with Crippen molar-refractivity contribution in [3.05, 3.63) is 18.0 Å². The van der Waals surface area contributed by atoms with E-state index in [1.807, 2.05) is 17.9 Å². The zero-order valence-corrected chi connectivity index (χ0v) is 18.2. The number of hydrogen-bond donors (Lipinski definition) is 2. The van der Waals surface area contributed by atoms with Crippen molar-refractivity contribution < 1.29 is 0 Å². The molecule has 0 saturated heterocycles. The van der Waals surface area contributed by atoms with E-state index in [0.29, 0.717) is 6.04 Å². The molecule has 0 aliphatic heterocycles. The van der Waals surface area contributed by atoms with Gasteiger partial charge in [-0.25, -0.2) is 0 Å². The van der Waals surface area contributed by atoms with E-state index in [1.165, 1.54) is 37.7 Å². The van der Waals surface area contributed by atoms with Crippen LogP contribution in [-0.2, 0) is 13.5 Å². The Bertz CT molecular complexity index is 444. The fourth-order valence-corrected chi connectivity index (χ4v) is 2.58. The molecule has 140 valence electrons. The third-order valence-electron chi connectivity index (χ3n) is 3.87. The summed E-state index contributed by atoms with van der Waals surface area (Å²) in [4.78, 5) is 4.69. The van der Waals surface area contributed by atoms with Crippen molar-refractivity contribution in [3.8, 4) is 0 Å². The van der Waals surface area contributed by atoms with Crippen molar-refractivity contribution in [2.24, 2.45) is 12.0 Å². The van der Waals surface area contributed by atoms with Crippen LogP contribution in [0, 0.1) is 0 Å². The maximum absolute atomic E-state index is 4.69. The van der Waals surface area contributed by atoms with Crippen LogP contribution >= 0.6 is 24.0 Å². The molecule has 2 N–H and O–H groups in total. The largest absolute Gasteiger partial charge is 0.357 e. The number of guanidine groups is 1. The van der Waals surface area contributed by atoms with Gasteiger partial charge in [-0.15, -0.1) is 24.0 Å². The van der Waals surface area contributed by atoms with Gasteiger partial charge in [0.2, 0.25) is 0 Å². The fraction of sp³-hybridized carbons (Fsp3) is 0.778. The third kappa shape index (κ3) is 10.9. The first kappa shape index (κ1) is 23.2. The van der Waals surface area contributed by atoms with Gasteiger partial charge >= 0.3 is 0 Å². The lowest BCUT2D eigenvalue weighted by molar-refractivity contribution is 0.537. The maximum atomic E-state index is 4.69. The van der Waals surface area contributed by atoms with Crippen LogP contribution in [0.5, 0.6) is 0 Å². The molecule has 5 nitrogen and oxygen atoms in total. The molecule has 0 saturated carbocycles. The number of aliphatic imine (C=N–C) groups is 1. The molecule has 0 bridgehead atoms. The van der Waals surface area contributed by atoms with E-state index in [9.17, 15) is 0 Å². The molecule has 0 spiro atoms. The number of hydrogen-bond acceptors (Lipinski definition) is 2. The van der Waals surface area contributed by atoms with Crippen molar-refractivity contribution in [1.29, 1.82) is 0 Å². The number of halogens is 1. The van der Waals surface area contributed by atoms with Crippen LogP contribution in [0.15, 0.2) is 17.4 Å². The zero-order chi connectivity index (χ0) is 16.9. The van der Waals surface area contributed by atoms with Crippen molar-refractivity contribution in [2.75, 3.05) is 13.1 Å². The van der Waals surface area contributed by atoms with Gasteiger partial charge in [-0.1, -0.05) is 32.6 Å². The number of aryl methyl sites for hydroxylation is 2. The van der Waals surface area contributed by atoms with Gasteiger partial charge in [-0.05, 0) is 38.7 Å². The second kappa shape index (κ2) is 14.5. The standard InChI is InChI=1S/C18H35N5.HI/c1-5-7-8-9-11-16(3)22-18(19-6-2)20-13-10-12-17-14-21-23(4)15-17;/h14-16H,5-13H2,1-4H3,(H2,19,20,22);1H. The SMILES string of the molecule is CCCCCCC(C)NC(=NCCCc1cnn(C)c1)NCC.I. The van der Waals surface area contributed by atoms with Gasteiger partial charge in [-0.3, -0.25) is 9.67 Å². The normalized spacial score (nSPS) is 12.6. The highest BCUT2D eigenvalue weighted by Crippen LogP contribution is 2.05. The lowest BCUT2D eigenvalue weighted by Crippen LogP contribution is -2.42. The summed E-state index contributed by atoms with van der Waals surface area (Å²) < 4.78 is 1.85. The number of aromatic nitrogens is 2. The minimum atomic E-state index is 0. The van der Waals surface area contributed by atoms with Gasteiger partial charge in [0, 0.05) is 32.4 Å². The van der Waals surface area contributed by atoms with Gasteiger partial charge in [0.1, 0.15) is 0 Å². The highest BCUT2D eigenvalue weighted by Gasteiger charge is 2.04. The molecular formula is C18H36IN5.